The molecule has 0 spiro atoms. The number of benzene rings is 1. The molecule has 0 saturated heterocycles. The summed E-state index contributed by atoms with van der Waals surface area (Å²) in [4.78, 5) is 29.0. The molecule has 1 aromatic heterocycles. The predicted molar refractivity (Wildman–Crippen MR) is 112 cm³/mol. The first-order valence-electron chi connectivity index (χ1n) is 10.9. The first kappa shape index (κ1) is 19.3. The number of nitrogens with zero attached hydrogens (tertiary/aromatic N) is 1. The SMILES string of the molecule is COc1cc2c(cc1OC(=O)c1ccncc1)CC[C@@H]1[C@@H]2CC[C@]2(C)C(=O)CC[C@@H]12. The van der Waals surface area contributed by atoms with Crippen molar-refractivity contribution in [2.45, 2.75) is 51.4 Å². The number of aromatic nitrogens is 1. The molecule has 2 saturated carbocycles. The number of Topliss-reactive ketones (excluding diaryl/α,β-unsaturated/α-hetero) is 1. The van der Waals surface area contributed by atoms with E-state index in [2.05, 4.69) is 18.0 Å². The molecule has 2 fully saturated rings. The third kappa shape index (κ3) is 2.94. The van der Waals surface area contributed by atoms with Crippen molar-refractivity contribution in [1.82, 2.24) is 4.98 Å². The lowest BCUT2D eigenvalue weighted by molar-refractivity contribution is -0.129. The van der Waals surface area contributed by atoms with Gasteiger partial charge in [-0.3, -0.25) is 9.78 Å². The minimum absolute atomic E-state index is 0.122. The van der Waals surface area contributed by atoms with Crippen LogP contribution in [-0.4, -0.2) is 23.8 Å². The van der Waals surface area contributed by atoms with Crippen LogP contribution < -0.4 is 9.47 Å². The lowest BCUT2D eigenvalue weighted by Crippen LogP contribution is -2.42. The summed E-state index contributed by atoms with van der Waals surface area (Å²) in [5.41, 5.74) is 2.89. The summed E-state index contributed by atoms with van der Waals surface area (Å²) in [5.74, 6) is 2.61. The van der Waals surface area contributed by atoms with Crippen molar-refractivity contribution in [2.75, 3.05) is 7.11 Å². The van der Waals surface area contributed by atoms with Crippen molar-refractivity contribution in [2.24, 2.45) is 17.3 Å². The van der Waals surface area contributed by atoms with E-state index in [9.17, 15) is 9.59 Å². The molecule has 0 bridgehead atoms. The first-order chi connectivity index (χ1) is 14.5. The summed E-state index contributed by atoms with van der Waals surface area (Å²) >= 11 is 0. The number of hydrogen-bond acceptors (Lipinski definition) is 5. The number of methoxy groups -OCH3 is 1. The van der Waals surface area contributed by atoms with Gasteiger partial charge in [0.25, 0.3) is 0 Å². The first-order valence-corrected chi connectivity index (χ1v) is 10.9. The van der Waals surface area contributed by atoms with Gasteiger partial charge in [0.05, 0.1) is 12.7 Å². The molecule has 5 heteroatoms. The van der Waals surface area contributed by atoms with E-state index >= 15 is 0 Å². The molecular weight excluding hydrogens is 378 g/mol. The van der Waals surface area contributed by atoms with Gasteiger partial charge in [0.15, 0.2) is 11.5 Å². The Bertz CT molecular complexity index is 1000. The predicted octanol–water partition coefficient (Wildman–Crippen LogP) is 4.73. The number of ketones is 1. The molecule has 3 aliphatic carbocycles. The monoisotopic (exact) mass is 405 g/mol. The Morgan fingerprint density at radius 1 is 1.10 bits per heavy atom. The number of fused-ring (bicyclic) bond motifs is 5. The fourth-order valence-corrected chi connectivity index (χ4v) is 6.23. The number of ether oxygens (including phenoxy) is 2. The van der Waals surface area contributed by atoms with Crippen molar-refractivity contribution in [3.8, 4) is 11.5 Å². The standard InChI is InChI=1S/C25H27NO4/c1-25-10-7-17-18(20(25)5-6-23(25)27)4-3-16-13-22(21(29-2)14-19(16)17)30-24(28)15-8-11-26-12-9-15/h8-9,11-14,17-18,20H,3-7,10H2,1-2H3/t17-,18+,20-,25-/m0/s1. The topological polar surface area (TPSA) is 65.5 Å². The Morgan fingerprint density at radius 3 is 2.67 bits per heavy atom. The summed E-state index contributed by atoms with van der Waals surface area (Å²) in [7, 11) is 1.61. The smallest absolute Gasteiger partial charge is 0.343 e. The van der Waals surface area contributed by atoms with Crippen molar-refractivity contribution < 1.29 is 19.1 Å². The van der Waals surface area contributed by atoms with Crippen LogP contribution in [0.5, 0.6) is 11.5 Å². The van der Waals surface area contributed by atoms with Gasteiger partial charge in [0, 0.05) is 24.2 Å². The summed E-state index contributed by atoms with van der Waals surface area (Å²) in [6.07, 6.45) is 8.97. The van der Waals surface area contributed by atoms with Crippen LogP contribution in [0.15, 0.2) is 36.7 Å². The highest BCUT2D eigenvalue weighted by molar-refractivity contribution is 5.91. The summed E-state index contributed by atoms with van der Waals surface area (Å²) in [6, 6.07) is 7.33. The quantitative estimate of drug-likeness (QED) is 0.545. The third-order valence-corrected chi connectivity index (χ3v) is 7.84. The molecule has 0 amide bonds. The number of esters is 1. The molecule has 4 atom stereocenters. The average molecular weight is 405 g/mol. The molecule has 0 N–H and O–H groups in total. The molecule has 2 aromatic rings. The highest BCUT2D eigenvalue weighted by atomic mass is 16.6. The molecule has 1 aromatic carbocycles. The van der Waals surface area contributed by atoms with Crippen LogP contribution in [0.4, 0.5) is 0 Å². The Balaban J connectivity index is 1.45. The number of carbonyl (C=O) groups is 2. The van der Waals surface area contributed by atoms with Crippen molar-refractivity contribution in [3.05, 3.63) is 53.3 Å². The van der Waals surface area contributed by atoms with Gasteiger partial charge in [0.2, 0.25) is 0 Å². The van der Waals surface area contributed by atoms with Crippen LogP contribution in [-0.2, 0) is 11.2 Å². The second-order valence-electron chi connectivity index (χ2n) is 9.16. The number of pyridine rings is 1. The molecule has 0 unspecified atom stereocenters. The molecular formula is C25H27NO4. The fraction of sp³-hybridized carbons (Fsp3) is 0.480. The molecule has 0 aliphatic heterocycles. The van der Waals surface area contributed by atoms with E-state index < -0.39 is 5.97 Å². The largest absolute Gasteiger partial charge is 0.493 e. The van der Waals surface area contributed by atoms with Gasteiger partial charge in [-0.25, -0.2) is 4.79 Å². The van der Waals surface area contributed by atoms with Crippen molar-refractivity contribution in [1.29, 1.82) is 0 Å². The van der Waals surface area contributed by atoms with Gasteiger partial charge >= 0.3 is 5.97 Å². The number of rotatable bonds is 3. The molecule has 0 radical (unpaired) electrons. The van der Waals surface area contributed by atoms with E-state index in [1.54, 1.807) is 31.6 Å². The maximum Gasteiger partial charge on any atom is 0.343 e. The second kappa shape index (κ2) is 7.22. The molecule has 5 nitrogen and oxygen atoms in total. The Morgan fingerprint density at radius 2 is 1.90 bits per heavy atom. The third-order valence-electron chi connectivity index (χ3n) is 7.84. The number of aryl methyl sites for hydroxylation is 1. The van der Waals surface area contributed by atoms with E-state index in [4.69, 9.17) is 9.47 Å². The summed E-state index contributed by atoms with van der Waals surface area (Å²) in [5, 5.41) is 0. The lowest BCUT2D eigenvalue weighted by Gasteiger charge is -2.48. The van der Waals surface area contributed by atoms with Gasteiger partial charge < -0.3 is 9.47 Å². The number of hydrogen-bond donors (Lipinski definition) is 0. The van der Waals surface area contributed by atoms with Gasteiger partial charge in [-0.1, -0.05) is 6.92 Å². The van der Waals surface area contributed by atoms with E-state index in [0.717, 1.165) is 38.5 Å². The summed E-state index contributed by atoms with van der Waals surface area (Å²) < 4.78 is 11.3. The minimum Gasteiger partial charge on any atom is -0.493 e. The van der Waals surface area contributed by atoms with Crippen molar-refractivity contribution >= 4 is 11.8 Å². The van der Waals surface area contributed by atoms with Gasteiger partial charge in [-0.15, -0.1) is 0 Å². The molecule has 1 heterocycles. The van der Waals surface area contributed by atoms with E-state index in [0.29, 0.717) is 40.6 Å². The zero-order valence-corrected chi connectivity index (χ0v) is 17.5. The zero-order valence-electron chi connectivity index (χ0n) is 17.5. The second-order valence-corrected chi connectivity index (χ2v) is 9.16. The van der Waals surface area contributed by atoms with Crippen LogP contribution in [0.25, 0.3) is 0 Å². The Kier molecular flexibility index (Phi) is 4.64. The van der Waals surface area contributed by atoms with Crippen LogP contribution in [0.1, 0.15) is 66.4 Å². The Labute approximate surface area is 176 Å². The van der Waals surface area contributed by atoms with Gasteiger partial charge in [-0.05, 0) is 85.3 Å². The maximum absolute atomic E-state index is 12.5. The average Bonchev–Trinajstić information content (AvgIpc) is 3.08. The fourth-order valence-electron chi connectivity index (χ4n) is 6.23. The van der Waals surface area contributed by atoms with Crippen LogP contribution >= 0.6 is 0 Å². The lowest BCUT2D eigenvalue weighted by atomic mass is 9.55. The highest BCUT2D eigenvalue weighted by Crippen LogP contribution is 2.60. The maximum atomic E-state index is 12.5. The Hall–Kier alpha value is -2.69. The molecule has 5 rings (SSSR count). The van der Waals surface area contributed by atoms with Gasteiger partial charge in [-0.2, -0.15) is 0 Å². The van der Waals surface area contributed by atoms with Crippen LogP contribution in [0.3, 0.4) is 0 Å². The molecule has 30 heavy (non-hydrogen) atoms. The highest BCUT2D eigenvalue weighted by Gasteiger charge is 2.54. The summed E-state index contributed by atoms with van der Waals surface area (Å²) in [6.45, 7) is 2.20. The number of carbonyl (C=O) groups excluding carboxylic acids is 2. The van der Waals surface area contributed by atoms with E-state index in [1.807, 2.05) is 6.07 Å². The molecule has 3 aliphatic rings. The van der Waals surface area contributed by atoms with E-state index in [1.165, 1.54) is 11.1 Å². The van der Waals surface area contributed by atoms with Gasteiger partial charge in [0.1, 0.15) is 5.78 Å². The molecule has 156 valence electrons. The minimum atomic E-state index is -0.415. The normalized spacial score (nSPS) is 29.5. The van der Waals surface area contributed by atoms with Crippen LogP contribution in [0.2, 0.25) is 0 Å². The van der Waals surface area contributed by atoms with E-state index in [-0.39, 0.29) is 5.41 Å². The zero-order chi connectivity index (χ0) is 20.9. The van der Waals surface area contributed by atoms with Crippen LogP contribution in [0, 0.1) is 17.3 Å². The van der Waals surface area contributed by atoms with Crippen molar-refractivity contribution in [3.63, 3.8) is 0 Å².